The van der Waals surface area contributed by atoms with E-state index in [1.54, 1.807) is 12.1 Å². The third kappa shape index (κ3) is 1.64. The van der Waals surface area contributed by atoms with Crippen molar-refractivity contribution in [2.24, 2.45) is 5.16 Å². The molecule has 2 atom stereocenters. The van der Waals surface area contributed by atoms with Gasteiger partial charge in [-0.15, -0.1) is 0 Å². The number of rotatable bonds is 1. The molecule has 1 heterocycles. The first-order valence-corrected chi connectivity index (χ1v) is 7.77. The molecule has 6 heteroatoms. The van der Waals surface area contributed by atoms with Gasteiger partial charge in [0.1, 0.15) is 11.5 Å². The van der Waals surface area contributed by atoms with E-state index in [1.165, 1.54) is 24.3 Å². The van der Waals surface area contributed by atoms with Crippen LogP contribution in [0.15, 0.2) is 53.7 Å². The lowest BCUT2D eigenvalue weighted by molar-refractivity contribution is 0.0981. The first kappa shape index (κ1) is 13.3. The molecule has 0 N–H and O–H groups in total. The number of ketones is 1. The molecule has 22 heavy (non-hydrogen) atoms. The minimum atomic E-state index is -1.90. The molecule has 0 fully saturated rings. The van der Waals surface area contributed by atoms with Crippen LogP contribution in [0.3, 0.4) is 0 Å². The highest BCUT2D eigenvalue weighted by Crippen LogP contribution is 2.41. The number of fused-ring (bicyclic) bond motifs is 1. The quantitative estimate of drug-likeness (QED) is 0.812. The second-order valence-electron chi connectivity index (χ2n) is 5.25. The van der Waals surface area contributed by atoms with E-state index in [4.69, 9.17) is 4.28 Å². The van der Waals surface area contributed by atoms with Gasteiger partial charge in [-0.3, -0.25) is 9.08 Å². The normalized spacial score (nSPS) is 26.0. The first-order valence-electron chi connectivity index (χ1n) is 6.69. The first-order chi connectivity index (χ1) is 10.6. The highest BCUT2D eigenvalue weighted by molar-refractivity contribution is 7.84. The van der Waals surface area contributed by atoms with E-state index in [0.29, 0.717) is 16.8 Å². The fourth-order valence-corrected chi connectivity index (χ4v) is 4.09. The Morgan fingerprint density at radius 3 is 2.59 bits per heavy atom. The molecule has 0 amide bonds. The molecule has 2 aromatic carbocycles. The lowest BCUT2D eigenvalue weighted by Gasteiger charge is -2.18. The largest absolute Gasteiger partial charge is 0.292 e. The number of Topliss-reactive ketones (excluding diaryl/α,β-unsaturated/α-hetero) is 1. The van der Waals surface area contributed by atoms with Gasteiger partial charge in [0.15, 0.2) is 10.5 Å². The summed E-state index contributed by atoms with van der Waals surface area (Å²) >= 11 is -1.90. The maximum Gasteiger partial charge on any atom is 0.253 e. The molecule has 4 nitrogen and oxygen atoms in total. The average molecular weight is 315 g/mol. The van der Waals surface area contributed by atoms with E-state index >= 15 is 0 Å². The van der Waals surface area contributed by atoms with Crippen molar-refractivity contribution in [2.75, 3.05) is 0 Å². The van der Waals surface area contributed by atoms with E-state index in [9.17, 15) is 13.4 Å². The summed E-state index contributed by atoms with van der Waals surface area (Å²) in [6.07, 6.45) is 0.269. The monoisotopic (exact) mass is 315 g/mol. The lowest BCUT2D eigenvalue weighted by atomic mass is 9.92. The summed E-state index contributed by atoms with van der Waals surface area (Å²) in [6.45, 7) is 0. The second kappa shape index (κ2) is 4.58. The molecule has 1 aliphatic carbocycles. The summed E-state index contributed by atoms with van der Waals surface area (Å²) < 4.78 is 29.1. The highest BCUT2D eigenvalue weighted by atomic mass is 32.2. The molecular formula is C16H10FNO3S. The molecule has 110 valence electrons. The fraction of sp³-hybridized carbons (Fsp3) is 0.125. The number of benzene rings is 2. The van der Waals surface area contributed by atoms with Crippen LogP contribution in [0.1, 0.15) is 21.5 Å². The lowest BCUT2D eigenvalue weighted by Crippen LogP contribution is -2.46. The SMILES string of the molecule is O=C1c2ccccc2C[C@]12C(c1ccc(F)cc1)=NOS2=O. The van der Waals surface area contributed by atoms with Gasteiger partial charge in [0.25, 0.3) is 11.1 Å². The van der Waals surface area contributed by atoms with E-state index in [0.717, 1.165) is 5.56 Å². The molecule has 0 aromatic heterocycles. The summed E-state index contributed by atoms with van der Waals surface area (Å²) in [5.41, 5.74) is 2.19. The Morgan fingerprint density at radius 2 is 1.86 bits per heavy atom. The number of hydrogen-bond donors (Lipinski definition) is 0. The molecular weight excluding hydrogens is 305 g/mol. The average Bonchev–Trinajstić information content (AvgIpc) is 3.01. The minimum Gasteiger partial charge on any atom is -0.292 e. The van der Waals surface area contributed by atoms with Crippen LogP contribution in [0.4, 0.5) is 4.39 Å². The molecule has 0 saturated carbocycles. The fourth-order valence-electron chi connectivity index (χ4n) is 2.97. The molecule has 1 unspecified atom stereocenters. The zero-order valence-electron chi connectivity index (χ0n) is 11.3. The van der Waals surface area contributed by atoms with E-state index in [1.807, 2.05) is 12.1 Å². The molecule has 4 rings (SSSR count). The standard InChI is InChI=1S/C16H10FNO3S/c17-12-7-5-10(6-8-12)14-16(22(20)21-18-14)9-11-3-1-2-4-13(11)15(16)19/h1-8H,9H2/t16-,22?/m0/s1. The Kier molecular flexibility index (Phi) is 2.77. The Hall–Kier alpha value is -2.34. The van der Waals surface area contributed by atoms with Crippen LogP contribution in [-0.2, 0) is 21.8 Å². The van der Waals surface area contributed by atoms with Gasteiger partial charge in [-0.2, -0.15) is 0 Å². The highest BCUT2D eigenvalue weighted by Gasteiger charge is 2.59. The molecule has 0 saturated heterocycles. The van der Waals surface area contributed by atoms with Crippen molar-refractivity contribution >= 4 is 22.6 Å². The smallest absolute Gasteiger partial charge is 0.253 e. The van der Waals surface area contributed by atoms with Crippen LogP contribution >= 0.6 is 0 Å². The molecule has 1 aliphatic heterocycles. The predicted octanol–water partition coefficient (Wildman–Crippen LogP) is 2.40. The molecule has 2 aromatic rings. The Labute approximate surface area is 128 Å². The summed E-state index contributed by atoms with van der Waals surface area (Å²) in [5.74, 6) is -0.651. The Bertz CT molecular complexity index is 847. The number of carbonyl (C=O) groups excluding carboxylic acids is 1. The topological polar surface area (TPSA) is 55.7 Å². The summed E-state index contributed by atoms with van der Waals surface area (Å²) in [4.78, 5) is 12.9. The Morgan fingerprint density at radius 1 is 1.14 bits per heavy atom. The van der Waals surface area contributed by atoms with Gasteiger partial charge in [-0.25, -0.2) is 8.60 Å². The number of oxime groups is 1. The van der Waals surface area contributed by atoms with Crippen molar-refractivity contribution < 1.29 is 17.7 Å². The van der Waals surface area contributed by atoms with Gasteiger partial charge in [0.05, 0.1) is 0 Å². The zero-order valence-corrected chi connectivity index (χ0v) is 12.1. The van der Waals surface area contributed by atoms with Crippen molar-refractivity contribution in [3.8, 4) is 0 Å². The minimum absolute atomic E-state index is 0.262. The van der Waals surface area contributed by atoms with Crippen LogP contribution in [0.5, 0.6) is 0 Å². The molecule has 0 bridgehead atoms. The van der Waals surface area contributed by atoms with Crippen LogP contribution in [-0.4, -0.2) is 20.5 Å². The number of halogens is 1. The van der Waals surface area contributed by atoms with Gasteiger partial charge in [-0.1, -0.05) is 41.6 Å². The van der Waals surface area contributed by atoms with Crippen molar-refractivity contribution in [3.63, 3.8) is 0 Å². The van der Waals surface area contributed by atoms with Crippen molar-refractivity contribution in [3.05, 3.63) is 71.0 Å². The van der Waals surface area contributed by atoms with Crippen LogP contribution in [0.2, 0.25) is 0 Å². The number of hydrogen-bond acceptors (Lipinski definition) is 4. The predicted molar refractivity (Wildman–Crippen MR) is 79.4 cm³/mol. The molecule has 2 aliphatic rings. The maximum atomic E-state index is 13.1. The van der Waals surface area contributed by atoms with Crippen LogP contribution in [0.25, 0.3) is 0 Å². The van der Waals surface area contributed by atoms with E-state index < -0.39 is 15.8 Å². The van der Waals surface area contributed by atoms with Crippen LogP contribution in [0, 0.1) is 5.82 Å². The summed E-state index contributed by atoms with van der Waals surface area (Å²) in [5, 5.41) is 3.86. The Balaban J connectivity index is 1.87. The van der Waals surface area contributed by atoms with Gasteiger partial charge in [0.2, 0.25) is 0 Å². The summed E-state index contributed by atoms with van der Waals surface area (Å²) in [6, 6.07) is 12.7. The maximum absolute atomic E-state index is 13.1. The van der Waals surface area contributed by atoms with E-state index in [2.05, 4.69) is 5.16 Å². The number of carbonyl (C=O) groups is 1. The van der Waals surface area contributed by atoms with Crippen LogP contribution < -0.4 is 0 Å². The van der Waals surface area contributed by atoms with Gasteiger partial charge in [-0.05, 0) is 17.7 Å². The number of nitrogens with zero attached hydrogens (tertiary/aromatic N) is 1. The molecule has 0 radical (unpaired) electrons. The van der Waals surface area contributed by atoms with Crippen molar-refractivity contribution in [1.29, 1.82) is 0 Å². The zero-order chi connectivity index (χ0) is 15.3. The third-order valence-electron chi connectivity index (χ3n) is 4.05. The van der Waals surface area contributed by atoms with Gasteiger partial charge >= 0.3 is 0 Å². The van der Waals surface area contributed by atoms with Crippen molar-refractivity contribution in [2.45, 2.75) is 11.2 Å². The third-order valence-corrected chi connectivity index (χ3v) is 5.35. The summed E-state index contributed by atoms with van der Waals surface area (Å²) in [7, 11) is 0. The van der Waals surface area contributed by atoms with Crippen molar-refractivity contribution in [1.82, 2.24) is 0 Å². The second-order valence-corrected chi connectivity index (χ2v) is 6.56. The molecule has 1 spiro atoms. The van der Waals surface area contributed by atoms with Gasteiger partial charge < -0.3 is 0 Å². The van der Waals surface area contributed by atoms with Gasteiger partial charge in [0, 0.05) is 17.5 Å². The van der Waals surface area contributed by atoms with E-state index in [-0.39, 0.29) is 18.0 Å².